The fourth-order valence-corrected chi connectivity index (χ4v) is 3.99. The molecule has 2 aromatic rings. The average molecular weight is 380 g/mol. The highest BCUT2D eigenvalue weighted by Gasteiger charge is 2.22. The van der Waals surface area contributed by atoms with Gasteiger partial charge < -0.3 is 19.4 Å². The third kappa shape index (κ3) is 4.58. The van der Waals surface area contributed by atoms with Gasteiger partial charge in [-0.15, -0.1) is 0 Å². The van der Waals surface area contributed by atoms with Crippen LogP contribution >= 0.6 is 0 Å². The van der Waals surface area contributed by atoms with E-state index in [1.807, 2.05) is 35.2 Å². The first kappa shape index (κ1) is 18.7. The number of piperidine rings is 1. The minimum absolute atomic E-state index is 0.0592. The summed E-state index contributed by atoms with van der Waals surface area (Å²) in [5.41, 5.74) is 2.57. The van der Waals surface area contributed by atoms with Gasteiger partial charge in [-0.3, -0.25) is 4.79 Å². The van der Waals surface area contributed by atoms with Crippen molar-refractivity contribution in [3.05, 3.63) is 54.6 Å². The van der Waals surface area contributed by atoms with Crippen LogP contribution in [0.4, 0.5) is 11.4 Å². The summed E-state index contributed by atoms with van der Waals surface area (Å²) in [5.74, 6) is 0.798. The van der Waals surface area contributed by atoms with E-state index in [0.717, 1.165) is 31.9 Å². The molecule has 148 valence electrons. The summed E-state index contributed by atoms with van der Waals surface area (Å²) in [6.45, 7) is 5.65. The molecule has 0 aromatic heterocycles. The zero-order valence-electron chi connectivity index (χ0n) is 16.4. The minimum Gasteiger partial charge on any atom is -0.484 e. The van der Waals surface area contributed by atoms with Gasteiger partial charge >= 0.3 is 0 Å². The van der Waals surface area contributed by atoms with E-state index in [2.05, 4.69) is 34.1 Å². The predicted molar refractivity (Wildman–Crippen MR) is 113 cm³/mol. The van der Waals surface area contributed by atoms with Crippen molar-refractivity contribution in [2.75, 3.05) is 55.7 Å². The zero-order valence-corrected chi connectivity index (χ0v) is 16.4. The molecule has 1 amide bonds. The van der Waals surface area contributed by atoms with Crippen LogP contribution in [-0.2, 0) is 4.79 Å². The Kier molecular flexibility index (Phi) is 6.00. The molecule has 5 nitrogen and oxygen atoms in total. The van der Waals surface area contributed by atoms with Gasteiger partial charge in [0.15, 0.2) is 6.61 Å². The van der Waals surface area contributed by atoms with Crippen LogP contribution in [0, 0.1) is 0 Å². The van der Waals surface area contributed by atoms with E-state index < -0.39 is 0 Å². The van der Waals surface area contributed by atoms with Gasteiger partial charge in [-0.2, -0.15) is 0 Å². The number of carbonyl (C=O) groups is 1. The number of nitrogens with zero attached hydrogens (tertiary/aromatic N) is 3. The molecule has 0 saturated carbocycles. The Hall–Kier alpha value is -2.69. The van der Waals surface area contributed by atoms with Gasteiger partial charge in [0.05, 0.1) is 0 Å². The van der Waals surface area contributed by atoms with E-state index in [0.29, 0.717) is 0 Å². The van der Waals surface area contributed by atoms with Crippen LogP contribution < -0.4 is 14.5 Å². The van der Waals surface area contributed by atoms with E-state index in [-0.39, 0.29) is 12.5 Å². The summed E-state index contributed by atoms with van der Waals surface area (Å²) in [6.07, 6.45) is 3.95. The number of rotatable bonds is 5. The van der Waals surface area contributed by atoms with E-state index >= 15 is 0 Å². The lowest BCUT2D eigenvalue weighted by atomic mass is 10.1. The van der Waals surface area contributed by atoms with Crippen LogP contribution in [0.1, 0.15) is 19.3 Å². The van der Waals surface area contributed by atoms with Crippen molar-refractivity contribution in [2.24, 2.45) is 0 Å². The summed E-state index contributed by atoms with van der Waals surface area (Å²) >= 11 is 0. The lowest BCUT2D eigenvalue weighted by Crippen LogP contribution is -2.50. The minimum atomic E-state index is 0.0592. The summed E-state index contributed by atoms with van der Waals surface area (Å²) < 4.78 is 5.59. The summed E-state index contributed by atoms with van der Waals surface area (Å²) in [6, 6.07) is 18.4. The van der Waals surface area contributed by atoms with Crippen molar-refractivity contribution in [3.63, 3.8) is 0 Å². The molecule has 0 N–H and O–H groups in total. The van der Waals surface area contributed by atoms with E-state index in [9.17, 15) is 4.79 Å². The molecule has 0 bridgehead atoms. The molecular formula is C23H29N3O2. The maximum absolute atomic E-state index is 12.4. The molecule has 2 aromatic carbocycles. The van der Waals surface area contributed by atoms with Crippen molar-refractivity contribution in [1.82, 2.24) is 4.90 Å². The third-order valence-electron chi connectivity index (χ3n) is 5.67. The quantitative estimate of drug-likeness (QED) is 0.798. The Morgan fingerprint density at radius 1 is 0.714 bits per heavy atom. The number of amides is 1. The van der Waals surface area contributed by atoms with Crippen molar-refractivity contribution < 1.29 is 9.53 Å². The van der Waals surface area contributed by atoms with E-state index in [1.165, 1.54) is 43.7 Å². The fraction of sp³-hybridized carbons (Fsp3) is 0.435. The standard InChI is InChI=1S/C23H29N3O2/c27-23(19-28-22-7-3-1-4-8-22)26-17-15-25(16-18-26)21-11-9-20(10-12-21)24-13-5-2-6-14-24/h1,3-4,7-12H,2,5-6,13-19H2. The number of carbonyl (C=O) groups excluding carboxylic acids is 1. The first-order valence-electron chi connectivity index (χ1n) is 10.4. The van der Waals surface area contributed by atoms with Crippen LogP contribution in [0.25, 0.3) is 0 Å². The number of anilines is 2. The molecule has 4 rings (SSSR count). The molecule has 28 heavy (non-hydrogen) atoms. The Labute approximate surface area is 167 Å². The molecule has 0 aliphatic carbocycles. The summed E-state index contributed by atoms with van der Waals surface area (Å²) in [5, 5.41) is 0. The van der Waals surface area contributed by atoms with Gasteiger partial charge in [0.1, 0.15) is 5.75 Å². The first-order chi connectivity index (χ1) is 13.8. The van der Waals surface area contributed by atoms with Crippen molar-refractivity contribution in [3.8, 4) is 5.75 Å². The molecule has 0 radical (unpaired) electrons. The number of para-hydroxylation sites is 1. The lowest BCUT2D eigenvalue weighted by molar-refractivity contribution is -0.133. The van der Waals surface area contributed by atoms with Crippen LogP contribution in [0.5, 0.6) is 5.75 Å². The molecular weight excluding hydrogens is 350 g/mol. The Morgan fingerprint density at radius 2 is 1.29 bits per heavy atom. The second-order valence-corrected chi connectivity index (χ2v) is 7.53. The Bertz CT molecular complexity index is 749. The van der Waals surface area contributed by atoms with Crippen molar-refractivity contribution in [1.29, 1.82) is 0 Å². The lowest BCUT2D eigenvalue weighted by Gasteiger charge is -2.36. The third-order valence-corrected chi connectivity index (χ3v) is 5.67. The van der Waals surface area contributed by atoms with Crippen molar-refractivity contribution >= 4 is 17.3 Å². The van der Waals surface area contributed by atoms with E-state index in [1.54, 1.807) is 0 Å². The molecule has 2 saturated heterocycles. The van der Waals surface area contributed by atoms with Crippen LogP contribution in [0.3, 0.4) is 0 Å². The molecule has 2 aliphatic heterocycles. The maximum atomic E-state index is 12.4. The van der Waals surface area contributed by atoms with Crippen molar-refractivity contribution in [2.45, 2.75) is 19.3 Å². The summed E-state index contributed by atoms with van der Waals surface area (Å²) in [7, 11) is 0. The zero-order chi connectivity index (χ0) is 19.2. The number of piperazine rings is 1. The fourth-order valence-electron chi connectivity index (χ4n) is 3.99. The van der Waals surface area contributed by atoms with Crippen LogP contribution in [0.15, 0.2) is 54.6 Å². The summed E-state index contributed by atoms with van der Waals surface area (Å²) in [4.78, 5) is 19.2. The van der Waals surface area contributed by atoms with Gasteiger partial charge in [0, 0.05) is 50.6 Å². The smallest absolute Gasteiger partial charge is 0.260 e. The largest absolute Gasteiger partial charge is 0.484 e. The number of hydrogen-bond acceptors (Lipinski definition) is 4. The number of hydrogen-bond donors (Lipinski definition) is 0. The molecule has 0 unspecified atom stereocenters. The monoisotopic (exact) mass is 379 g/mol. The topological polar surface area (TPSA) is 36.0 Å². The van der Waals surface area contributed by atoms with Crippen LogP contribution in [-0.4, -0.2) is 56.7 Å². The molecule has 0 spiro atoms. The van der Waals surface area contributed by atoms with Gasteiger partial charge in [-0.1, -0.05) is 18.2 Å². The second kappa shape index (κ2) is 9.00. The number of benzene rings is 2. The SMILES string of the molecule is O=C(COc1ccccc1)N1CCN(c2ccc(N3CCCCC3)cc2)CC1. The van der Waals surface area contributed by atoms with Gasteiger partial charge in [-0.05, 0) is 55.7 Å². The van der Waals surface area contributed by atoms with Gasteiger partial charge in [-0.25, -0.2) is 0 Å². The normalized spacial score (nSPS) is 17.5. The Morgan fingerprint density at radius 3 is 1.89 bits per heavy atom. The molecule has 0 atom stereocenters. The number of ether oxygens (including phenoxy) is 1. The van der Waals surface area contributed by atoms with Crippen LogP contribution in [0.2, 0.25) is 0 Å². The van der Waals surface area contributed by atoms with Gasteiger partial charge in [0.25, 0.3) is 5.91 Å². The highest BCUT2D eigenvalue weighted by Crippen LogP contribution is 2.24. The second-order valence-electron chi connectivity index (χ2n) is 7.53. The molecule has 2 fully saturated rings. The molecule has 5 heteroatoms. The molecule has 2 aliphatic rings. The maximum Gasteiger partial charge on any atom is 0.260 e. The van der Waals surface area contributed by atoms with Gasteiger partial charge in [0.2, 0.25) is 0 Å². The predicted octanol–water partition coefficient (Wildman–Crippen LogP) is 3.40. The van der Waals surface area contributed by atoms with E-state index in [4.69, 9.17) is 4.74 Å². The highest BCUT2D eigenvalue weighted by molar-refractivity contribution is 5.78. The molecule has 2 heterocycles. The average Bonchev–Trinajstić information content (AvgIpc) is 2.79. The Balaban J connectivity index is 1.26. The highest BCUT2D eigenvalue weighted by atomic mass is 16.5. The first-order valence-corrected chi connectivity index (χ1v) is 10.4.